The van der Waals surface area contributed by atoms with Gasteiger partial charge in [-0.1, -0.05) is 44.4 Å². The topological polar surface area (TPSA) is 20.7 Å². The van der Waals surface area contributed by atoms with E-state index in [-0.39, 0.29) is 0 Å². The molecule has 0 saturated heterocycles. The smallest absolute Gasteiger partial charge is 0.178 e. The van der Waals surface area contributed by atoms with Gasteiger partial charge in [0.2, 0.25) is 0 Å². The van der Waals surface area contributed by atoms with Crippen molar-refractivity contribution in [3.8, 4) is 0 Å². The summed E-state index contributed by atoms with van der Waals surface area (Å²) in [6, 6.07) is 5.87. The number of nitrogens with one attached hydrogen (secondary N) is 1. The Balaban J connectivity index is 2.17. The quantitative estimate of drug-likeness (QED) is 0.592. The van der Waals surface area contributed by atoms with Gasteiger partial charge in [0.25, 0.3) is 0 Å². The predicted molar refractivity (Wildman–Crippen MR) is 80.8 cm³/mol. The lowest BCUT2D eigenvalue weighted by Gasteiger charge is -2.07. The van der Waals surface area contributed by atoms with Crippen LogP contribution in [0.5, 0.6) is 0 Å². The summed E-state index contributed by atoms with van der Waals surface area (Å²) >= 11 is 11.6. The Bertz CT molecular complexity index is 583. The summed E-state index contributed by atoms with van der Waals surface area (Å²) in [5.74, 6) is 0.768. The highest BCUT2D eigenvalue weighted by atomic mass is 35.5. The van der Waals surface area contributed by atoms with E-state index in [1.54, 1.807) is 0 Å². The molecule has 1 heterocycles. The Morgan fingerprint density at radius 2 is 2.11 bits per heavy atom. The fourth-order valence-electron chi connectivity index (χ4n) is 2.21. The molecule has 0 radical (unpaired) electrons. The number of H-pyrrole nitrogens is 1. The van der Waals surface area contributed by atoms with Gasteiger partial charge in [-0.05, 0) is 36.7 Å². The average molecular weight is 283 g/mol. The lowest BCUT2D eigenvalue weighted by atomic mass is 10.1. The highest BCUT2D eigenvalue weighted by Crippen LogP contribution is 2.23. The number of imidazole rings is 1. The molecular weight excluding hydrogens is 264 g/mol. The molecule has 0 spiro atoms. The second kappa shape index (κ2) is 5.89. The van der Waals surface area contributed by atoms with Crippen molar-refractivity contribution in [3.05, 3.63) is 28.0 Å². The van der Waals surface area contributed by atoms with Gasteiger partial charge >= 0.3 is 0 Å². The number of fused-ring (bicyclic) bond motifs is 1. The van der Waals surface area contributed by atoms with E-state index in [4.69, 9.17) is 23.8 Å². The van der Waals surface area contributed by atoms with E-state index in [0.29, 0.717) is 0 Å². The molecule has 1 aromatic carbocycles. The van der Waals surface area contributed by atoms with Crippen LogP contribution in [0.1, 0.15) is 33.1 Å². The van der Waals surface area contributed by atoms with Crippen LogP contribution in [0.2, 0.25) is 5.02 Å². The minimum atomic E-state index is 0.766. The summed E-state index contributed by atoms with van der Waals surface area (Å²) in [4.78, 5) is 3.21. The molecule has 0 amide bonds. The first-order valence-corrected chi connectivity index (χ1v) is 7.25. The lowest BCUT2D eigenvalue weighted by Crippen LogP contribution is -1.99. The van der Waals surface area contributed by atoms with Gasteiger partial charge in [-0.2, -0.15) is 0 Å². The number of benzene rings is 1. The summed E-state index contributed by atoms with van der Waals surface area (Å²) in [5.41, 5.74) is 2.06. The Morgan fingerprint density at radius 1 is 1.33 bits per heavy atom. The summed E-state index contributed by atoms with van der Waals surface area (Å²) in [7, 11) is 0. The van der Waals surface area contributed by atoms with Gasteiger partial charge in [0.05, 0.1) is 16.1 Å². The van der Waals surface area contributed by atoms with E-state index < -0.39 is 0 Å². The normalized spacial score (nSPS) is 11.6. The molecular formula is C14H19ClN2S. The summed E-state index contributed by atoms with van der Waals surface area (Å²) in [6.07, 6.45) is 3.64. The van der Waals surface area contributed by atoms with Crippen LogP contribution in [0.15, 0.2) is 18.2 Å². The largest absolute Gasteiger partial charge is 0.331 e. The van der Waals surface area contributed by atoms with Crippen molar-refractivity contribution in [1.29, 1.82) is 0 Å². The number of aryl methyl sites for hydroxylation is 1. The highest BCUT2D eigenvalue weighted by Gasteiger charge is 2.07. The van der Waals surface area contributed by atoms with Gasteiger partial charge < -0.3 is 9.55 Å². The van der Waals surface area contributed by atoms with Gasteiger partial charge in [-0.3, -0.25) is 0 Å². The molecule has 0 aliphatic heterocycles. The third-order valence-corrected chi connectivity index (χ3v) is 3.78. The molecule has 0 atom stereocenters. The van der Waals surface area contributed by atoms with E-state index in [9.17, 15) is 0 Å². The molecule has 98 valence electrons. The summed E-state index contributed by atoms with van der Waals surface area (Å²) in [6.45, 7) is 5.46. The van der Waals surface area contributed by atoms with Gasteiger partial charge in [0, 0.05) is 6.54 Å². The van der Waals surface area contributed by atoms with Crippen LogP contribution in [0, 0.1) is 10.7 Å². The number of halogens is 1. The summed E-state index contributed by atoms with van der Waals surface area (Å²) in [5, 5.41) is 0.767. The number of aromatic amines is 1. The van der Waals surface area contributed by atoms with Crippen LogP contribution >= 0.6 is 23.8 Å². The first-order valence-electron chi connectivity index (χ1n) is 6.46. The second-order valence-electron chi connectivity index (χ2n) is 5.11. The van der Waals surface area contributed by atoms with Crippen LogP contribution in [-0.2, 0) is 6.54 Å². The molecule has 2 nitrogen and oxygen atoms in total. The molecule has 2 aromatic rings. The molecule has 1 aromatic heterocycles. The number of hydrogen-bond donors (Lipinski definition) is 1. The Labute approximate surface area is 118 Å². The highest BCUT2D eigenvalue weighted by molar-refractivity contribution is 7.71. The Morgan fingerprint density at radius 3 is 2.83 bits per heavy atom. The maximum absolute atomic E-state index is 6.25. The zero-order valence-electron chi connectivity index (χ0n) is 10.9. The number of hydrogen-bond acceptors (Lipinski definition) is 1. The van der Waals surface area contributed by atoms with E-state index in [1.165, 1.54) is 12.8 Å². The van der Waals surface area contributed by atoms with Crippen LogP contribution in [0.3, 0.4) is 0 Å². The molecule has 0 aliphatic rings. The maximum Gasteiger partial charge on any atom is 0.178 e. The van der Waals surface area contributed by atoms with Crippen LogP contribution < -0.4 is 0 Å². The summed E-state index contributed by atoms with van der Waals surface area (Å²) < 4.78 is 2.88. The van der Waals surface area contributed by atoms with Crippen molar-refractivity contribution in [3.63, 3.8) is 0 Å². The first kappa shape index (κ1) is 13.6. The minimum Gasteiger partial charge on any atom is -0.331 e. The van der Waals surface area contributed by atoms with Crippen molar-refractivity contribution >= 4 is 34.9 Å². The van der Waals surface area contributed by atoms with Crippen molar-refractivity contribution in [2.24, 2.45) is 5.92 Å². The molecule has 0 aliphatic carbocycles. The average Bonchev–Trinajstić information content (AvgIpc) is 2.62. The van der Waals surface area contributed by atoms with E-state index >= 15 is 0 Å². The SMILES string of the molecule is CC(C)CCCCn1c(=S)[nH]c2cccc(Cl)c21. The Hall–Kier alpha value is -0.800. The molecule has 2 rings (SSSR count). The van der Waals surface area contributed by atoms with Crippen LogP contribution in [-0.4, -0.2) is 9.55 Å². The van der Waals surface area contributed by atoms with Gasteiger partial charge in [-0.15, -0.1) is 0 Å². The number of nitrogens with zero attached hydrogens (tertiary/aromatic N) is 1. The van der Waals surface area contributed by atoms with Crippen molar-refractivity contribution < 1.29 is 0 Å². The molecule has 0 bridgehead atoms. The molecule has 0 unspecified atom stereocenters. The third kappa shape index (κ3) is 2.96. The Kier molecular flexibility index (Phi) is 4.46. The van der Waals surface area contributed by atoms with Gasteiger partial charge in [0.1, 0.15) is 0 Å². The molecule has 0 fully saturated rings. The molecule has 4 heteroatoms. The van der Waals surface area contributed by atoms with E-state index in [2.05, 4.69) is 23.4 Å². The van der Waals surface area contributed by atoms with Gasteiger partial charge in [-0.25, -0.2) is 0 Å². The first-order chi connectivity index (χ1) is 8.59. The second-order valence-corrected chi connectivity index (χ2v) is 5.90. The zero-order chi connectivity index (χ0) is 13.1. The zero-order valence-corrected chi connectivity index (χ0v) is 12.4. The number of aromatic nitrogens is 2. The monoisotopic (exact) mass is 282 g/mol. The molecule has 1 N–H and O–H groups in total. The van der Waals surface area contributed by atoms with E-state index in [1.807, 2.05) is 18.2 Å². The number of rotatable bonds is 5. The lowest BCUT2D eigenvalue weighted by molar-refractivity contribution is 0.511. The molecule has 18 heavy (non-hydrogen) atoms. The standard InChI is InChI=1S/C14H19ClN2S/c1-10(2)6-3-4-9-17-13-11(15)7-5-8-12(13)16-14(17)18/h5,7-8,10H,3-4,6,9H2,1-2H3,(H,16,18). The van der Waals surface area contributed by atoms with Crippen molar-refractivity contribution in [2.45, 2.75) is 39.7 Å². The van der Waals surface area contributed by atoms with Crippen molar-refractivity contribution in [1.82, 2.24) is 9.55 Å². The van der Waals surface area contributed by atoms with Crippen LogP contribution in [0.4, 0.5) is 0 Å². The number of para-hydroxylation sites is 1. The van der Waals surface area contributed by atoms with Gasteiger partial charge in [0.15, 0.2) is 4.77 Å². The fourth-order valence-corrected chi connectivity index (χ4v) is 2.78. The van der Waals surface area contributed by atoms with Crippen LogP contribution in [0.25, 0.3) is 11.0 Å². The fraction of sp³-hybridized carbons (Fsp3) is 0.500. The predicted octanol–water partition coefficient (Wildman–Crippen LogP) is 5.18. The van der Waals surface area contributed by atoms with E-state index in [0.717, 1.165) is 39.7 Å². The van der Waals surface area contributed by atoms with Crippen molar-refractivity contribution in [2.75, 3.05) is 0 Å². The third-order valence-electron chi connectivity index (χ3n) is 3.16. The molecule has 0 saturated carbocycles. The number of unbranched alkanes of at least 4 members (excludes halogenated alkanes) is 1. The minimum absolute atomic E-state index is 0.766. The maximum atomic E-state index is 6.25.